The Hall–Kier alpha value is -0.249. The molecule has 0 unspecified atom stereocenters. The van der Waals surface area contributed by atoms with E-state index < -0.39 is 25.0 Å². The van der Waals surface area contributed by atoms with Gasteiger partial charge in [0.1, 0.15) is 0 Å². The van der Waals surface area contributed by atoms with Crippen molar-refractivity contribution in [2.24, 2.45) is 23.2 Å². The standard InChI is InChI=1S/C42H80O3Si3/c1-31(21-19-27-41(9,10)45-46(12,13)14)36-25-26-37-33(22-20-28-42(36,37)11)23-24-34-29-35(43-47(15,16)39(3,4)5)30-38(32(34)2)44-48(17,18)40(6,7)8/h23-24,31,35-38H,2,19-22,25-30H2,1,3-18H3/b33-23+,34-24-/t31-,35+,36+,37-,38-,42+/m0/s1. The first kappa shape index (κ1) is 42.2. The molecule has 0 saturated heterocycles. The molecule has 48 heavy (non-hydrogen) atoms. The molecular weight excluding hydrogens is 637 g/mol. The van der Waals surface area contributed by atoms with Crippen molar-refractivity contribution < 1.29 is 13.3 Å². The second kappa shape index (κ2) is 15.0. The van der Waals surface area contributed by atoms with Crippen LogP contribution in [-0.4, -0.2) is 42.8 Å². The molecule has 3 fully saturated rings. The Morgan fingerprint density at radius 3 is 2.02 bits per heavy atom. The summed E-state index contributed by atoms with van der Waals surface area (Å²) < 4.78 is 20.8. The summed E-state index contributed by atoms with van der Waals surface area (Å²) in [5.74, 6) is 2.28. The van der Waals surface area contributed by atoms with Gasteiger partial charge in [-0.25, -0.2) is 0 Å². The van der Waals surface area contributed by atoms with Crippen molar-refractivity contribution in [2.75, 3.05) is 0 Å². The van der Waals surface area contributed by atoms with E-state index in [9.17, 15) is 0 Å². The smallest absolute Gasteiger partial charge is 0.192 e. The summed E-state index contributed by atoms with van der Waals surface area (Å²) in [6.07, 6.45) is 17.5. The minimum atomic E-state index is -1.97. The monoisotopic (exact) mass is 717 g/mol. The molecule has 3 rings (SSSR count). The van der Waals surface area contributed by atoms with Gasteiger partial charge < -0.3 is 13.3 Å². The van der Waals surface area contributed by atoms with E-state index in [-0.39, 0.29) is 27.9 Å². The summed E-state index contributed by atoms with van der Waals surface area (Å²) >= 11 is 0. The molecule has 3 saturated carbocycles. The summed E-state index contributed by atoms with van der Waals surface area (Å²) in [4.78, 5) is 0. The maximum absolute atomic E-state index is 7.12. The number of fused-ring (bicyclic) bond motifs is 1. The maximum Gasteiger partial charge on any atom is 0.192 e. The average molecular weight is 717 g/mol. The van der Waals surface area contributed by atoms with Gasteiger partial charge in [0.25, 0.3) is 0 Å². The van der Waals surface area contributed by atoms with Gasteiger partial charge in [-0.1, -0.05) is 92.5 Å². The Balaban J connectivity index is 1.81. The van der Waals surface area contributed by atoms with Crippen LogP contribution in [0.3, 0.4) is 0 Å². The predicted molar refractivity (Wildman–Crippen MR) is 218 cm³/mol. The minimum absolute atomic E-state index is 0.00680. The van der Waals surface area contributed by atoms with Crippen molar-refractivity contribution in [1.82, 2.24) is 0 Å². The molecule has 0 aromatic carbocycles. The van der Waals surface area contributed by atoms with Gasteiger partial charge in [0, 0.05) is 6.42 Å². The van der Waals surface area contributed by atoms with Crippen molar-refractivity contribution in [3.8, 4) is 0 Å². The molecule has 0 amide bonds. The van der Waals surface area contributed by atoms with Crippen LogP contribution < -0.4 is 0 Å². The van der Waals surface area contributed by atoms with Crippen LogP contribution in [0.5, 0.6) is 0 Å². The molecule has 0 aromatic rings. The van der Waals surface area contributed by atoms with Gasteiger partial charge in [-0.3, -0.25) is 0 Å². The highest BCUT2D eigenvalue weighted by Crippen LogP contribution is 2.60. The first-order valence-corrected chi connectivity index (χ1v) is 29.0. The normalized spacial score (nSPS) is 30.6. The summed E-state index contributed by atoms with van der Waals surface area (Å²) in [5, 5.41) is 0.344. The third kappa shape index (κ3) is 10.4. The lowest BCUT2D eigenvalue weighted by Gasteiger charge is -2.46. The zero-order chi connectivity index (χ0) is 36.7. The first-order valence-electron chi connectivity index (χ1n) is 19.7. The Morgan fingerprint density at radius 1 is 0.875 bits per heavy atom. The van der Waals surface area contributed by atoms with Crippen molar-refractivity contribution in [1.29, 1.82) is 0 Å². The highest BCUT2D eigenvalue weighted by molar-refractivity contribution is 6.74. The molecule has 0 aromatic heterocycles. The first-order chi connectivity index (χ1) is 21.6. The zero-order valence-electron chi connectivity index (χ0n) is 35.0. The second-order valence-electron chi connectivity index (χ2n) is 21.2. The van der Waals surface area contributed by atoms with Gasteiger partial charge in [-0.15, -0.1) is 0 Å². The largest absolute Gasteiger partial charge is 0.413 e. The Kier molecular flexibility index (Phi) is 13.2. The van der Waals surface area contributed by atoms with Crippen LogP contribution >= 0.6 is 0 Å². The fourth-order valence-corrected chi connectivity index (χ4v) is 13.3. The lowest BCUT2D eigenvalue weighted by Crippen LogP contribution is -2.49. The van der Waals surface area contributed by atoms with Crippen LogP contribution in [0.15, 0.2) is 35.5 Å². The van der Waals surface area contributed by atoms with Crippen LogP contribution in [0.25, 0.3) is 0 Å². The highest BCUT2D eigenvalue weighted by atomic mass is 28.4. The van der Waals surface area contributed by atoms with E-state index in [0.717, 1.165) is 31.1 Å². The summed E-state index contributed by atoms with van der Waals surface area (Å²) in [5.41, 5.74) is 4.66. The fourth-order valence-electron chi connectivity index (χ4n) is 8.91. The molecular formula is C42H80O3Si3. The van der Waals surface area contributed by atoms with Gasteiger partial charge >= 0.3 is 0 Å². The van der Waals surface area contributed by atoms with E-state index in [1.165, 1.54) is 56.1 Å². The van der Waals surface area contributed by atoms with E-state index in [1.54, 1.807) is 5.57 Å². The molecule has 6 atom stereocenters. The number of allylic oxidation sites excluding steroid dienone is 3. The maximum atomic E-state index is 7.12. The molecule has 3 aliphatic carbocycles. The van der Waals surface area contributed by atoms with Crippen molar-refractivity contribution in [2.45, 2.75) is 207 Å². The van der Waals surface area contributed by atoms with E-state index in [2.05, 4.69) is 127 Å². The Labute approximate surface area is 302 Å². The van der Waals surface area contributed by atoms with E-state index in [0.29, 0.717) is 11.3 Å². The third-order valence-electron chi connectivity index (χ3n) is 13.5. The number of hydrogen-bond donors (Lipinski definition) is 0. The Bertz CT molecular complexity index is 1180. The van der Waals surface area contributed by atoms with Crippen molar-refractivity contribution >= 4 is 25.0 Å². The van der Waals surface area contributed by atoms with Crippen LogP contribution in [0.1, 0.15) is 133 Å². The van der Waals surface area contributed by atoms with E-state index in [1.807, 2.05) is 0 Å². The topological polar surface area (TPSA) is 27.7 Å². The molecule has 0 heterocycles. The van der Waals surface area contributed by atoms with Crippen LogP contribution in [0, 0.1) is 23.2 Å². The van der Waals surface area contributed by atoms with E-state index in [4.69, 9.17) is 19.9 Å². The molecule has 278 valence electrons. The highest BCUT2D eigenvalue weighted by Gasteiger charge is 2.51. The van der Waals surface area contributed by atoms with Gasteiger partial charge in [0.15, 0.2) is 25.0 Å². The zero-order valence-corrected chi connectivity index (χ0v) is 38.0. The summed E-state index contributed by atoms with van der Waals surface area (Å²) in [6, 6.07) is 0. The van der Waals surface area contributed by atoms with Crippen molar-refractivity contribution in [3.63, 3.8) is 0 Å². The van der Waals surface area contributed by atoms with Crippen LogP contribution in [0.2, 0.25) is 55.9 Å². The SMILES string of the molecule is C=C1/C(=C\C=C2/CCC[C@]3(C)[C@@H]([C@@H](C)CCCC(C)(C)O[Si](C)(C)C)CC[C@@H]23)C[C@@H](O[Si](C)(C)C(C)(C)C)C[C@@H]1O[Si](C)(C)C(C)(C)C. The van der Waals surface area contributed by atoms with Gasteiger partial charge in [-0.2, -0.15) is 0 Å². The predicted octanol–water partition coefficient (Wildman–Crippen LogP) is 13.6. The molecule has 0 aliphatic heterocycles. The number of hydrogen-bond acceptors (Lipinski definition) is 3. The van der Waals surface area contributed by atoms with Crippen molar-refractivity contribution in [3.05, 3.63) is 35.5 Å². The summed E-state index contributed by atoms with van der Waals surface area (Å²) in [6.45, 7) is 45.1. The van der Waals surface area contributed by atoms with Gasteiger partial charge in [0.05, 0.1) is 17.8 Å². The molecule has 0 bridgehead atoms. The molecule has 3 nitrogen and oxygen atoms in total. The van der Waals surface area contributed by atoms with E-state index >= 15 is 0 Å². The molecule has 3 aliphatic rings. The van der Waals surface area contributed by atoms with Gasteiger partial charge in [-0.05, 0) is 149 Å². The Morgan fingerprint density at radius 2 is 1.46 bits per heavy atom. The summed E-state index contributed by atoms with van der Waals surface area (Å²) in [7, 11) is -5.43. The molecule has 0 N–H and O–H groups in total. The average Bonchev–Trinajstić information content (AvgIpc) is 3.24. The third-order valence-corrected chi connectivity index (χ3v) is 23.7. The lowest BCUT2D eigenvalue weighted by molar-refractivity contribution is 0.0735. The fraction of sp³-hybridized carbons (Fsp3) is 0.857. The second-order valence-corrected chi connectivity index (χ2v) is 35.1. The van der Waals surface area contributed by atoms with Crippen LogP contribution in [0.4, 0.5) is 0 Å². The van der Waals surface area contributed by atoms with Crippen LogP contribution in [-0.2, 0) is 13.3 Å². The molecule has 6 heteroatoms. The molecule has 0 spiro atoms. The number of rotatable bonds is 12. The quantitative estimate of drug-likeness (QED) is 0.188. The minimum Gasteiger partial charge on any atom is -0.413 e. The lowest BCUT2D eigenvalue weighted by atomic mass is 9.60. The molecule has 0 radical (unpaired) electrons. The van der Waals surface area contributed by atoms with Gasteiger partial charge in [0.2, 0.25) is 0 Å².